The predicted molar refractivity (Wildman–Crippen MR) is 492 cm³/mol. The Morgan fingerprint density at radius 1 is 0.179 bits per heavy atom. The van der Waals surface area contributed by atoms with Gasteiger partial charge < -0.3 is 9.80 Å². The third kappa shape index (κ3) is 9.85. The van der Waals surface area contributed by atoms with Crippen molar-refractivity contribution in [1.82, 2.24) is 0 Å². The third-order valence-corrected chi connectivity index (χ3v) is 29.6. The van der Waals surface area contributed by atoms with Gasteiger partial charge in [0.25, 0.3) is 0 Å². The highest BCUT2D eigenvalue weighted by molar-refractivity contribution is 5.96. The highest BCUT2D eigenvalue weighted by Crippen LogP contribution is 2.61. The van der Waals surface area contributed by atoms with Gasteiger partial charge in [0.05, 0.1) is 0 Å². The van der Waals surface area contributed by atoms with Crippen LogP contribution in [0.15, 0.2) is 303 Å². The van der Waals surface area contributed by atoms with E-state index < -0.39 is 0 Å². The fraction of sp³-hybridized carbons (Fsp3) is 0.183. The molecule has 0 N–H and O–H groups in total. The molecule has 0 saturated heterocycles. The van der Waals surface area contributed by atoms with Crippen molar-refractivity contribution in [3.63, 3.8) is 0 Å². The van der Waals surface area contributed by atoms with E-state index in [0.717, 1.165) is 12.8 Å². The molecule has 0 aliphatic heterocycles. The van der Waals surface area contributed by atoms with E-state index in [1.165, 1.54) is 223 Å². The molecule has 0 fully saturated rings. The molecule has 0 amide bonds. The quantitative estimate of drug-likeness (QED) is 0.126. The molecule has 0 atom stereocenters. The van der Waals surface area contributed by atoms with Crippen LogP contribution in [0.1, 0.15) is 194 Å². The molecule has 0 radical (unpaired) electrons. The number of fused-ring (bicyclic) bond motifs is 24. The molecule has 564 valence electrons. The van der Waals surface area contributed by atoms with Gasteiger partial charge >= 0.3 is 0 Å². The minimum Gasteiger partial charge on any atom is -0.310 e. The van der Waals surface area contributed by atoms with E-state index in [1.54, 1.807) is 0 Å². The average molecular weight is 1500 g/mol. The van der Waals surface area contributed by atoms with E-state index in [9.17, 15) is 0 Å². The minimum atomic E-state index is -0.259. The normalized spacial score (nSPS) is 16.9. The first-order valence-electron chi connectivity index (χ1n) is 42.3. The summed E-state index contributed by atoms with van der Waals surface area (Å²) in [6.07, 6.45) is 11.4. The SMILES string of the molecule is CC1(C)c2ccccc2-c2ccc(N(c3ccc4c(c3)C(C)(C)c3ccccc3-4)c3ccc4c(c3)C(C)(C)c3cc(C=Cc5ccc6c(c5)C5(Cc7ccccc7C5)c5cc(C=Cc7ccc8c(c7)C(C)(C)c7cc(N(c9ccc%10c(c9)C(C)(C)c9ccccc9-%10)c9ccc%10c(c9)C(C)(C)c9ccccc9-%10)ccc7-8)ccc5-6)ccc3-4)cc21. The summed E-state index contributed by atoms with van der Waals surface area (Å²) >= 11 is 0. The van der Waals surface area contributed by atoms with Crippen LogP contribution in [-0.2, 0) is 50.7 Å². The van der Waals surface area contributed by atoms with Gasteiger partial charge in [-0.25, -0.2) is 0 Å². The molecule has 117 heavy (non-hydrogen) atoms. The molecule has 1 spiro atoms. The van der Waals surface area contributed by atoms with Crippen molar-refractivity contribution >= 4 is 58.4 Å². The molecule has 0 heterocycles. The van der Waals surface area contributed by atoms with E-state index in [4.69, 9.17) is 0 Å². The molecular weight excluding hydrogens is 1410 g/mol. The molecule has 15 aromatic rings. The minimum absolute atomic E-state index is 0.140. The Bertz CT molecular complexity index is 6340. The van der Waals surface area contributed by atoms with Gasteiger partial charge in [0.1, 0.15) is 0 Å². The van der Waals surface area contributed by atoms with Crippen LogP contribution in [0.5, 0.6) is 0 Å². The smallest absolute Gasteiger partial charge is 0.0465 e. The van der Waals surface area contributed by atoms with Gasteiger partial charge in [0, 0.05) is 72.0 Å². The molecule has 23 rings (SSSR count). The van der Waals surface area contributed by atoms with Gasteiger partial charge in [-0.1, -0.05) is 338 Å². The monoisotopic (exact) mass is 1500 g/mol. The van der Waals surface area contributed by atoms with Gasteiger partial charge in [-0.15, -0.1) is 0 Å². The first-order chi connectivity index (χ1) is 56.4. The summed E-state index contributed by atoms with van der Waals surface area (Å²) in [5, 5.41) is 0. The van der Waals surface area contributed by atoms with Crippen LogP contribution in [0.2, 0.25) is 0 Å². The molecule has 15 aromatic carbocycles. The zero-order chi connectivity index (χ0) is 79.3. The van der Waals surface area contributed by atoms with Crippen molar-refractivity contribution in [1.29, 1.82) is 0 Å². The van der Waals surface area contributed by atoms with Crippen molar-refractivity contribution in [3.05, 3.63) is 415 Å². The zero-order valence-corrected chi connectivity index (χ0v) is 69.0. The van der Waals surface area contributed by atoms with E-state index in [1.807, 2.05) is 0 Å². The standard InChI is InChI=1S/C115H94N2/c1-109(2)95-29-19-15-25-81(95)87-51-41-75(61-101(87)109)116(76-42-52-88-82-26-16-20-30-96(82)110(3,4)102(88)62-76)79-45-55-91-85-47-37-69(57-99(85)113(9,10)105(91)65-79)33-35-71-39-49-93-94-50-40-72(60-108(94)115(107(93)59-71)67-73-23-13-14-24-74(73)68-115)36-34-70-38-48-86-92-56-46-80(66-106(92)114(11,12)100(86)58-70)117(77-43-53-89-83-27-17-21-31-97(83)111(5,6)103(89)63-77)78-44-54-90-84-28-18-22-32-98(84)112(7,8)104(90)64-78/h13-66H,67-68H2,1-12H3. The summed E-state index contributed by atoms with van der Waals surface area (Å²) in [6.45, 7) is 28.9. The Morgan fingerprint density at radius 3 is 0.607 bits per heavy atom. The Kier molecular flexibility index (Phi) is 14.5. The van der Waals surface area contributed by atoms with Crippen LogP contribution in [0.25, 0.3) is 102 Å². The number of rotatable bonds is 10. The van der Waals surface area contributed by atoms with Crippen LogP contribution in [0.4, 0.5) is 34.1 Å². The van der Waals surface area contributed by atoms with Crippen molar-refractivity contribution in [3.8, 4) is 77.9 Å². The van der Waals surface area contributed by atoms with E-state index >= 15 is 0 Å². The molecule has 2 nitrogen and oxygen atoms in total. The summed E-state index contributed by atoms with van der Waals surface area (Å²) < 4.78 is 0. The first kappa shape index (κ1) is 69.8. The van der Waals surface area contributed by atoms with Crippen molar-refractivity contribution in [2.75, 3.05) is 9.80 Å². The van der Waals surface area contributed by atoms with Crippen LogP contribution in [-0.4, -0.2) is 0 Å². The molecule has 2 heteroatoms. The Hall–Kier alpha value is -12.6. The maximum atomic E-state index is 2.54. The molecule has 0 saturated carbocycles. The zero-order valence-electron chi connectivity index (χ0n) is 69.0. The van der Waals surface area contributed by atoms with E-state index in [0.29, 0.717) is 0 Å². The van der Waals surface area contributed by atoms with Crippen molar-refractivity contribution in [2.45, 2.75) is 134 Å². The lowest BCUT2D eigenvalue weighted by molar-refractivity contribution is 0.563. The lowest BCUT2D eigenvalue weighted by Crippen LogP contribution is -2.26. The molecule has 8 aliphatic rings. The number of benzene rings is 15. The van der Waals surface area contributed by atoms with Gasteiger partial charge in [0.15, 0.2) is 0 Å². The molecule has 0 unspecified atom stereocenters. The van der Waals surface area contributed by atoms with Crippen LogP contribution in [0.3, 0.4) is 0 Å². The topological polar surface area (TPSA) is 6.48 Å². The van der Waals surface area contributed by atoms with Crippen molar-refractivity contribution < 1.29 is 0 Å². The van der Waals surface area contributed by atoms with E-state index in [2.05, 4.69) is 421 Å². The van der Waals surface area contributed by atoms with Gasteiger partial charge in [-0.05, 0) is 275 Å². The Balaban J connectivity index is 0.540. The fourth-order valence-corrected chi connectivity index (χ4v) is 23.3. The van der Waals surface area contributed by atoms with E-state index in [-0.39, 0.29) is 37.9 Å². The van der Waals surface area contributed by atoms with Crippen LogP contribution < -0.4 is 9.80 Å². The molecule has 0 aromatic heterocycles. The Morgan fingerprint density at radius 2 is 0.359 bits per heavy atom. The summed E-state index contributed by atoms with van der Waals surface area (Å²) in [4.78, 5) is 5.07. The lowest BCUT2D eigenvalue weighted by atomic mass is 9.75. The second-order valence-corrected chi connectivity index (χ2v) is 38.1. The number of nitrogens with zero attached hydrogens (tertiary/aromatic N) is 2. The van der Waals surface area contributed by atoms with Gasteiger partial charge in [-0.2, -0.15) is 0 Å². The van der Waals surface area contributed by atoms with Gasteiger partial charge in [0.2, 0.25) is 0 Å². The molecular formula is C115H94N2. The first-order valence-corrected chi connectivity index (χ1v) is 42.3. The van der Waals surface area contributed by atoms with Crippen molar-refractivity contribution in [2.24, 2.45) is 0 Å². The third-order valence-electron chi connectivity index (χ3n) is 29.6. The highest BCUT2D eigenvalue weighted by atomic mass is 15.1. The average Bonchev–Trinajstić information content (AvgIpc) is 1.51. The number of anilines is 6. The van der Waals surface area contributed by atoms with Gasteiger partial charge in [-0.3, -0.25) is 0 Å². The molecule has 8 aliphatic carbocycles. The predicted octanol–water partition coefficient (Wildman–Crippen LogP) is 29.9. The maximum Gasteiger partial charge on any atom is 0.0465 e. The molecule has 0 bridgehead atoms. The highest BCUT2D eigenvalue weighted by Gasteiger charge is 2.49. The van der Waals surface area contributed by atoms with Crippen LogP contribution >= 0.6 is 0 Å². The maximum absolute atomic E-state index is 2.54. The summed E-state index contributed by atoms with van der Waals surface area (Å²) in [5.41, 5.74) is 51.5. The largest absolute Gasteiger partial charge is 0.310 e. The second-order valence-electron chi connectivity index (χ2n) is 38.1. The fourth-order valence-electron chi connectivity index (χ4n) is 23.3. The van der Waals surface area contributed by atoms with Crippen LogP contribution in [0, 0.1) is 0 Å². The second kappa shape index (κ2) is 24.3. The summed E-state index contributed by atoms with van der Waals surface area (Å²) in [6, 6.07) is 118. The number of hydrogen-bond acceptors (Lipinski definition) is 2. The lowest BCUT2D eigenvalue weighted by Gasteiger charge is -2.31. The number of hydrogen-bond donors (Lipinski definition) is 0. The Labute approximate surface area is 689 Å². The summed E-state index contributed by atoms with van der Waals surface area (Å²) in [5.74, 6) is 0. The summed E-state index contributed by atoms with van der Waals surface area (Å²) in [7, 11) is 0.